The summed E-state index contributed by atoms with van der Waals surface area (Å²) in [7, 11) is 1.61. The third-order valence-corrected chi connectivity index (χ3v) is 6.42. The molecule has 0 spiro atoms. The quantitative estimate of drug-likeness (QED) is 0.276. The summed E-state index contributed by atoms with van der Waals surface area (Å²) in [5.41, 5.74) is 11.1. The van der Waals surface area contributed by atoms with Crippen LogP contribution in [0.15, 0.2) is 47.8 Å². The minimum Gasteiger partial charge on any atom is -0.491 e. The predicted octanol–water partition coefficient (Wildman–Crippen LogP) is 5.76. The maximum atomic E-state index is 10.1. The number of anilines is 1. The number of aromatic nitrogens is 2. The number of pyridine rings is 2. The fraction of sp³-hybridized carbons (Fsp3) is 0.286. The van der Waals surface area contributed by atoms with E-state index in [1.165, 1.54) is 11.8 Å². The average molecular weight is 500 g/mol. The first-order chi connectivity index (χ1) is 17.4. The van der Waals surface area contributed by atoms with Crippen LogP contribution < -0.4 is 10.5 Å². The van der Waals surface area contributed by atoms with Crippen LogP contribution in [0.3, 0.4) is 0 Å². The molecule has 184 valence electrons. The number of nitriles is 2. The van der Waals surface area contributed by atoms with Crippen LogP contribution in [0.4, 0.5) is 5.82 Å². The fourth-order valence-corrected chi connectivity index (χ4v) is 4.55. The van der Waals surface area contributed by atoms with E-state index in [-0.39, 0.29) is 11.4 Å². The van der Waals surface area contributed by atoms with Gasteiger partial charge in [0.15, 0.2) is 0 Å². The van der Waals surface area contributed by atoms with Gasteiger partial charge >= 0.3 is 0 Å². The van der Waals surface area contributed by atoms with E-state index in [0.717, 1.165) is 16.7 Å². The Bertz CT molecular complexity index is 1320. The van der Waals surface area contributed by atoms with Crippen LogP contribution in [0, 0.1) is 35.5 Å². The third-order valence-electron chi connectivity index (χ3n) is 5.40. The lowest BCUT2D eigenvalue weighted by Gasteiger charge is -2.14. The van der Waals surface area contributed by atoms with Crippen molar-refractivity contribution in [1.29, 1.82) is 10.5 Å². The van der Waals surface area contributed by atoms with E-state index in [0.29, 0.717) is 52.4 Å². The van der Waals surface area contributed by atoms with Crippen molar-refractivity contribution in [2.24, 2.45) is 5.92 Å². The van der Waals surface area contributed by atoms with Crippen molar-refractivity contribution in [1.82, 2.24) is 9.97 Å². The topological polar surface area (TPSA) is 118 Å². The van der Waals surface area contributed by atoms with E-state index in [1.807, 2.05) is 31.5 Å². The molecule has 0 fully saturated rings. The number of nitrogen functional groups attached to an aromatic ring is 1. The van der Waals surface area contributed by atoms with Crippen molar-refractivity contribution in [3.8, 4) is 29.0 Å². The highest BCUT2D eigenvalue weighted by Crippen LogP contribution is 2.37. The van der Waals surface area contributed by atoms with E-state index in [4.69, 9.17) is 15.2 Å². The van der Waals surface area contributed by atoms with Gasteiger partial charge in [-0.15, -0.1) is 11.8 Å². The molecule has 0 aliphatic heterocycles. The molecule has 8 heteroatoms. The normalized spacial score (nSPS) is 11.0. The number of allylic oxidation sites excluding steroid dienone is 1. The van der Waals surface area contributed by atoms with Crippen molar-refractivity contribution < 1.29 is 9.47 Å². The van der Waals surface area contributed by atoms with Crippen molar-refractivity contribution in [3.63, 3.8) is 0 Å². The van der Waals surface area contributed by atoms with Gasteiger partial charge in [0.05, 0.1) is 12.2 Å². The van der Waals surface area contributed by atoms with Gasteiger partial charge in [0.25, 0.3) is 0 Å². The van der Waals surface area contributed by atoms with Gasteiger partial charge in [0.2, 0.25) is 0 Å². The van der Waals surface area contributed by atoms with Crippen LogP contribution in [-0.2, 0) is 10.5 Å². The van der Waals surface area contributed by atoms with Crippen LogP contribution >= 0.6 is 11.8 Å². The predicted molar refractivity (Wildman–Crippen MR) is 143 cm³/mol. The zero-order chi connectivity index (χ0) is 26.1. The molecule has 2 aromatic heterocycles. The Morgan fingerprint density at radius 3 is 2.44 bits per heavy atom. The molecule has 3 aromatic rings. The molecule has 0 unspecified atom stereocenters. The molecular weight excluding hydrogens is 470 g/mol. The molecule has 0 atom stereocenters. The number of rotatable bonds is 10. The molecule has 0 saturated carbocycles. The van der Waals surface area contributed by atoms with E-state index >= 15 is 0 Å². The summed E-state index contributed by atoms with van der Waals surface area (Å²) in [5.74, 6) is 1.73. The van der Waals surface area contributed by atoms with Crippen molar-refractivity contribution >= 4 is 23.7 Å². The minimum atomic E-state index is 0.0942. The average Bonchev–Trinajstić information content (AvgIpc) is 2.87. The van der Waals surface area contributed by atoms with Gasteiger partial charge in [0.1, 0.15) is 40.9 Å². The standard InChI is InChI=1S/C28H29N5O2S/c1-18(2)5-10-23-19(3)15-32-16-21(23)17-36-28-25(14-30)26(24(13-29)27(31)33-28)20-6-8-22(9-7-20)35-12-11-34-4/h5-10,15-16,18H,11-12,17H2,1-4H3,(H2,31,33)/b10-5-. The number of benzene rings is 1. The molecule has 36 heavy (non-hydrogen) atoms. The molecule has 3 rings (SSSR count). The molecule has 1 aromatic carbocycles. The number of nitrogens with zero attached hydrogens (tertiary/aromatic N) is 4. The lowest BCUT2D eigenvalue weighted by Crippen LogP contribution is -2.05. The van der Waals surface area contributed by atoms with Crippen LogP contribution in [0.1, 0.15) is 41.7 Å². The summed E-state index contributed by atoms with van der Waals surface area (Å²) in [5, 5.41) is 20.4. The van der Waals surface area contributed by atoms with Gasteiger partial charge in [-0.3, -0.25) is 4.98 Å². The van der Waals surface area contributed by atoms with E-state index in [9.17, 15) is 10.5 Å². The molecular formula is C28H29N5O2S. The summed E-state index contributed by atoms with van der Waals surface area (Å²) in [6.07, 6.45) is 7.94. The molecule has 2 N–H and O–H groups in total. The highest BCUT2D eigenvalue weighted by atomic mass is 32.2. The van der Waals surface area contributed by atoms with Gasteiger partial charge < -0.3 is 15.2 Å². The van der Waals surface area contributed by atoms with Crippen LogP contribution in [0.25, 0.3) is 17.2 Å². The number of methoxy groups -OCH3 is 1. The smallest absolute Gasteiger partial charge is 0.143 e. The van der Waals surface area contributed by atoms with Crippen molar-refractivity contribution in [3.05, 3.63) is 70.6 Å². The van der Waals surface area contributed by atoms with Gasteiger partial charge in [-0.1, -0.05) is 38.1 Å². The van der Waals surface area contributed by atoms with E-state index < -0.39 is 0 Å². The lowest BCUT2D eigenvalue weighted by atomic mass is 9.97. The first-order valence-electron chi connectivity index (χ1n) is 11.5. The summed E-state index contributed by atoms with van der Waals surface area (Å²) in [4.78, 5) is 8.78. The fourth-order valence-electron chi connectivity index (χ4n) is 3.57. The number of hydrogen-bond acceptors (Lipinski definition) is 8. The molecule has 0 aliphatic carbocycles. The number of nitrogens with two attached hydrogens (primary N) is 1. The number of thioether (sulfide) groups is 1. The maximum absolute atomic E-state index is 10.1. The summed E-state index contributed by atoms with van der Waals surface area (Å²) >= 11 is 1.41. The van der Waals surface area contributed by atoms with Gasteiger partial charge in [-0.2, -0.15) is 10.5 Å². The second-order valence-corrected chi connectivity index (χ2v) is 9.40. The molecule has 0 radical (unpaired) electrons. The Labute approximate surface area is 216 Å². The van der Waals surface area contributed by atoms with Crippen LogP contribution in [0.5, 0.6) is 5.75 Å². The zero-order valence-corrected chi connectivity index (χ0v) is 21.7. The first kappa shape index (κ1) is 26.7. The number of aryl methyl sites for hydroxylation is 1. The number of ether oxygens (including phenoxy) is 2. The molecule has 0 saturated heterocycles. The van der Waals surface area contributed by atoms with Crippen LogP contribution in [-0.4, -0.2) is 30.3 Å². The largest absolute Gasteiger partial charge is 0.491 e. The Hall–Kier alpha value is -3.85. The zero-order valence-electron chi connectivity index (χ0n) is 20.9. The summed E-state index contributed by atoms with van der Waals surface area (Å²) in [6, 6.07) is 11.6. The molecule has 0 aliphatic rings. The second kappa shape index (κ2) is 12.7. The Kier molecular flexibility index (Phi) is 9.46. The van der Waals surface area contributed by atoms with Crippen molar-refractivity contribution in [2.45, 2.75) is 31.6 Å². The molecule has 0 amide bonds. The minimum absolute atomic E-state index is 0.0942. The van der Waals surface area contributed by atoms with Gasteiger partial charge in [-0.25, -0.2) is 4.98 Å². The molecule has 0 bridgehead atoms. The van der Waals surface area contributed by atoms with Crippen molar-refractivity contribution in [2.75, 3.05) is 26.1 Å². The lowest BCUT2D eigenvalue weighted by molar-refractivity contribution is 0.146. The second-order valence-electron chi connectivity index (χ2n) is 8.44. The highest BCUT2D eigenvalue weighted by Gasteiger charge is 2.21. The Morgan fingerprint density at radius 1 is 1.08 bits per heavy atom. The van der Waals surface area contributed by atoms with E-state index in [2.05, 4.69) is 48.1 Å². The summed E-state index contributed by atoms with van der Waals surface area (Å²) in [6.45, 7) is 7.19. The first-order valence-corrected chi connectivity index (χ1v) is 12.5. The Morgan fingerprint density at radius 2 is 1.81 bits per heavy atom. The SMILES string of the molecule is COCCOc1ccc(-c2c(C#N)c(N)nc(SCc3cncc(C)c3/C=C\C(C)C)c2C#N)cc1. The summed E-state index contributed by atoms with van der Waals surface area (Å²) < 4.78 is 10.6. The van der Waals surface area contributed by atoms with Gasteiger partial charge in [0, 0.05) is 30.8 Å². The third kappa shape index (κ3) is 6.42. The van der Waals surface area contributed by atoms with Crippen LogP contribution in [0.2, 0.25) is 0 Å². The monoisotopic (exact) mass is 499 g/mol. The molecule has 2 heterocycles. The number of hydrogen-bond donors (Lipinski definition) is 1. The van der Waals surface area contributed by atoms with E-state index in [1.54, 1.807) is 19.2 Å². The highest BCUT2D eigenvalue weighted by molar-refractivity contribution is 7.98. The Balaban J connectivity index is 1.99. The molecule has 7 nitrogen and oxygen atoms in total. The van der Waals surface area contributed by atoms with Gasteiger partial charge in [-0.05, 0) is 47.2 Å². The maximum Gasteiger partial charge on any atom is 0.143 e.